The number of nitriles is 1. The summed E-state index contributed by atoms with van der Waals surface area (Å²) in [5.41, 5.74) is 1.06. The number of nitrogens with zero attached hydrogens (tertiary/aromatic N) is 2. The minimum absolute atomic E-state index is 0.329. The molecule has 0 bridgehead atoms. The quantitative estimate of drug-likeness (QED) is 0.911. The van der Waals surface area contributed by atoms with Gasteiger partial charge in [-0.1, -0.05) is 6.42 Å². The van der Waals surface area contributed by atoms with E-state index in [1.54, 1.807) is 24.3 Å². The van der Waals surface area contributed by atoms with E-state index in [2.05, 4.69) is 5.32 Å². The number of rotatable bonds is 3. The Morgan fingerprint density at radius 1 is 1.33 bits per heavy atom. The lowest BCUT2D eigenvalue weighted by Crippen LogP contribution is -2.49. The Balaban J connectivity index is 2.12. The van der Waals surface area contributed by atoms with Crippen LogP contribution >= 0.6 is 0 Å². The van der Waals surface area contributed by atoms with Gasteiger partial charge in [-0.3, -0.25) is 4.79 Å². The summed E-state index contributed by atoms with van der Waals surface area (Å²) in [7, 11) is -3.39. The standard InChI is InChI=1S/C14H17N3O3S/c1-21(19,20)17-9-3-2-4-13(17)14(18)16-12-7-5-11(10-15)6-8-12/h5-8,13H,2-4,9H2,1H3,(H,16,18). The SMILES string of the molecule is CS(=O)(=O)N1CCCCC1C(=O)Nc1ccc(C#N)cc1. The van der Waals surface area contributed by atoms with Crippen molar-refractivity contribution in [3.05, 3.63) is 29.8 Å². The number of amides is 1. The second-order valence-corrected chi connectivity index (χ2v) is 7.00. The van der Waals surface area contributed by atoms with Gasteiger partial charge in [0.15, 0.2) is 0 Å². The minimum Gasteiger partial charge on any atom is -0.325 e. The van der Waals surface area contributed by atoms with Gasteiger partial charge in [0.25, 0.3) is 0 Å². The van der Waals surface area contributed by atoms with Crippen molar-refractivity contribution in [2.45, 2.75) is 25.3 Å². The van der Waals surface area contributed by atoms with Gasteiger partial charge in [0.2, 0.25) is 15.9 Å². The molecular weight excluding hydrogens is 290 g/mol. The highest BCUT2D eigenvalue weighted by Crippen LogP contribution is 2.21. The third-order valence-corrected chi connectivity index (χ3v) is 4.75. The predicted molar refractivity (Wildman–Crippen MR) is 79.0 cm³/mol. The average Bonchev–Trinajstić information content (AvgIpc) is 2.47. The number of piperidine rings is 1. The van der Waals surface area contributed by atoms with Crippen LogP contribution in [-0.2, 0) is 14.8 Å². The van der Waals surface area contributed by atoms with Gasteiger partial charge >= 0.3 is 0 Å². The Hall–Kier alpha value is -1.91. The van der Waals surface area contributed by atoms with Crippen LogP contribution in [0.2, 0.25) is 0 Å². The third kappa shape index (κ3) is 3.80. The first-order valence-electron chi connectivity index (χ1n) is 6.69. The number of hydrogen-bond donors (Lipinski definition) is 1. The van der Waals surface area contributed by atoms with Crippen LogP contribution in [0.1, 0.15) is 24.8 Å². The fourth-order valence-corrected chi connectivity index (χ4v) is 3.54. The van der Waals surface area contributed by atoms with Crippen molar-refractivity contribution in [2.24, 2.45) is 0 Å². The van der Waals surface area contributed by atoms with Crippen LogP contribution in [0.3, 0.4) is 0 Å². The topological polar surface area (TPSA) is 90.3 Å². The zero-order valence-corrected chi connectivity index (χ0v) is 12.6. The Kier molecular flexibility index (Phi) is 4.60. The van der Waals surface area contributed by atoms with Crippen molar-refractivity contribution in [1.82, 2.24) is 4.31 Å². The van der Waals surface area contributed by atoms with E-state index in [9.17, 15) is 13.2 Å². The lowest BCUT2D eigenvalue weighted by molar-refractivity contribution is -0.120. The van der Waals surface area contributed by atoms with Crippen molar-refractivity contribution < 1.29 is 13.2 Å². The number of carbonyl (C=O) groups is 1. The summed E-state index contributed by atoms with van der Waals surface area (Å²) in [5.74, 6) is -0.329. The summed E-state index contributed by atoms with van der Waals surface area (Å²) in [6.45, 7) is 0.379. The van der Waals surface area contributed by atoms with E-state index in [0.717, 1.165) is 19.1 Å². The molecule has 1 heterocycles. The van der Waals surface area contributed by atoms with Gasteiger partial charge in [-0.05, 0) is 37.1 Å². The van der Waals surface area contributed by atoms with E-state index in [4.69, 9.17) is 5.26 Å². The Bertz CT molecular complexity index is 662. The normalized spacial score (nSPS) is 19.7. The summed E-state index contributed by atoms with van der Waals surface area (Å²) in [6, 6.07) is 7.80. The van der Waals surface area contributed by atoms with Gasteiger partial charge in [-0.25, -0.2) is 8.42 Å². The van der Waals surface area contributed by atoms with Gasteiger partial charge in [0.05, 0.1) is 17.9 Å². The van der Waals surface area contributed by atoms with Crippen LogP contribution in [-0.4, -0.2) is 37.5 Å². The molecule has 1 unspecified atom stereocenters. The second kappa shape index (κ2) is 6.24. The molecule has 0 aromatic heterocycles. The van der Waals surface area contributed by atoms with E-state index in [-0.39, 0.29) is 5.91 Å². The molecule has 1 aliphatic rings. The van der Waals surface area contributed by atoms with Crippen molar-refractivity contribution in [3.8, 4) is 6.07 Å². The average molecular weight is 307 g/mol. The van der Waals surface area contributed by atoms with E-state index in [1.807, 2.05) is 6.07 Å². The molecule has 1 amide bonds. The smallest absolute Gasteiger partial charge is 0.242 e. The highest BCUT2D eigenvalue weighted by atomic mass is 32.2. The maximum absolute atomic E-state index is 12.3. The Labute approximate surface area is 124 Å². The summed E-state index contributed by atoms with van der Waals surface area (Å²) < 4.78 is 24.8. The highest BCUT2D eigenvalue weighted by molar-refractivity contribution is 7.88. The van der Waals surface area contributed by atoms with E-state index in [1.165, 1.54) is 4.31 Å². The third-order valence-electron chi connectivity index (χ3n) is 3.46. The molecule has 6 nitrogen and oxygen atoms in total. The molecule has 1 aromatic carbocycles. The second-order valence-electron chi connectivity index (χ2n) is 5.06. The van der Waals surface area contributed by atoms with Crippen molar-refractivity contribution in [1.29, 1.82) is 5.26 Å². The summed E-state index contributed by atoms with van der Waals surface area (Å²) in [4.78, 5) is 12.3. The van der Waals surface area contributed by atoms with Crippen LogP contribution < -0.4 is 5.32 Å². The summed E-state index contributed by atoms with van der Waals surface area (Å²) in [5, 5.41) is 11.4. The number of benzene rings is 1. The van der Waals surface area contributed by atoms with Crippen molar-refractivity contribution in [2.75, 3.05) is 18.1 Å². The minimum atomic E-state index is -3.39. The van der Waals surface area contributed by atoms with Crippen LogP contribution in [0, 0.1) is 11.3 Å². The van der Waals surface area contributed by atoms with Crippen LogP contribution in [0.15, 0.2) is 24.3 Å². The van der Waals surface area contributed by atoms with Gasteiger partial charge in [0, 0.05) is 12.2 Å². The first-order valence-corrected chi connectivity index (χ1v) is 8.54. The number of hydrogen-bond acceptors (Lipinski definition) is 4. The molecule has 0 spiro atoms. The first-order chi connectivity index (χ1) is 9.91. The molecule has 1 atom stereocenters. The van der Waals surface area contributed by atoms with Gasteiger partial charge < -0.3 is 5.32 Å². The predicted octanol–water partition coefficient (Wildman–Crippen LogP) is 1.31. The van der Waals surface area contributed by atoms with Crippen LogP contribution in [0.4, 0.5) is 5.69 Å². The van der Waals surface area contributed by atoms with Crippen molar-refractivity contribution >= 4 is 21.6 Å². The van der Waals surface area contributed by atoms with Gasteiger partial charge in [-0.2, -0.15) is 9.57 Å². The van der Waals surface area contributed by atoms with Gasteiger partial charge in [0.1, 0.15) is 6.04 Å². The maximum atomic E-state index is 12.3. The number of carbonyl (C=O) groups excluding carboxylic acids is 1. The van der Waals surface area contributed by atoms with Crippen LogP contribution in [0.5, 0.6) is 0 Å². The lowest BCUT2D eigenvalue weighted by atomic mass is 10.0. The molecule has 0 radical (unpaired) electrons. The summed E-state index contributed by atoms with van der Waals surface area (Å²) in [6.07, 6.45) is 3.25. The number of anilines is 1. The van der Waals surface area contributed by atoms with Crippen LogP contribution in [0.25, 0.3) is 0 Å². The van der Waals surface area contributed by atoms with E-state index in [0.29, 0.717) is 24.2 Å². The molecule has 112 valence electrons. The fraction of sp³-hybridized carbons (Fsp3) is 0.429. The zero-order valence-electron chi connectivity index (χ0n) is 11.7. The molecule has 7 heteroatoms. The Morgan fingerprint density at radius 2 is 2.00 bits per heavy atom. The molecule has 1 aromatic rings. The first kappa shape index (κ1) is 15.5. The highest BCUT2D eigenvalue weighted by Gasteiger charge is 2.34. The van der Waals surface area contributed by atoms with Crippen molar-refractivity contribution in [3.63, 3.8) is 0 Å². The molecule has 1 saturated heterocycles. The monoisotopic (exact) mass is 307 g/mol. The summed E-state index contributed by atoms with van der Waals surface area (Å²) >= 11 is 0. The molecule has 2 rings (SSSR count). The van der Waals surface area contributed by atoms with E-state index < -0.39 is 16.1 Å². The van der Waals surface area contributed by atoms with Gasteiger partial charge in [-0.15, -0.1) is 0 Å². The fourth-order valence-electron chi connectivity index (χ4n) is 2.42. The maximum Gasteiger partial charge on any atom is 0.242 e. The largest absolute Gasteiger partial charge is 0.325 e. The zero-order chi connectivity index (χ0) is 15.5. The molecule has 0 saturated carbocycles. The van der Waals surface area contributed by atoms with E-state index >= 15 is 0 Å². The number of sulfonamides is 1. The Morgan fingerprint density at radius 3 is 2.57 bits per heavy atom. The molecule has 0 aliphatic carbocycles. The molecule has 21 heavy (non-hydrogen) atoms. The molecule has 1 N–H and O–H groups in total. The lowest BCUT2D eigenvalue weighted by Gasteiger charge is -2.32. The molecule has 1 aliphatic heterocycles. The molecule has 1 fully saturated rings. The number of nitrogens with one attached hydrogen (secondary N) is 1. The molecular formula is C14H17N3O3S.